The van der Waals surface area contributed by atoms with E-state index in [0.717, 1.165) is 12.8 Å². The molecule has 4 nitrogen and oxygen atoms in total. The van der Waals surface area contributed by atoms with Crippen LogP contribution in [0.1, 0.15) is 26.2 Å². The maximum Gasteiger partial charge on any atom is 0.258 e. The number of ether oxygens (including phenoxy) is 1. The Kier molecular flexibility index (Phi) is 4.64. The van der Waals surface area contributed by atoms with Crippen LogP contribution < -0.4 is 10.5 Å². The number of phenolic OH excluding ortho intramolecular Hbond substituents is 1. The lowest BCUT2D eigenvalue weighted by Gasteiger charge is -2.15. The average molecular weight is 223 g/mol. The maximum absolute atomic E-state index is 11.1. The van der Waals surface area contributed by atoms with E-state index in [1.165, 1.54) is 12.1 Å². The number of primary amides is 1. The van der Waals surface area contributed by atoms with Crippen molar-refractivity contribution in [2.24, 2.45) is 5.73 Å². The van der Waals surface area contributed by atoms with Crippen LogP contribution in [0.15, 0.2) is 24.3 Å². The fraction of sp³-hybridized carbons (Fsp3) is 0.417. The first-order chi connectivity index (χ1) is 7.63. The predicted molar refractivity (Wildman–Crippen MR) is 61.2 cm³/mol. The van der Waals surface area contributed by atoms with E-state index in [4.69, 9.17) is 15.6 Å². The average Bonchev–Trinajstić information content (AvgIpc) is 2.26. The number of hydrogen-bond acceptors (Lipinski definition) is 3. The minimum absolute atomic E-state index is 0.163. The van der Waals surface area contributed by atoms with Gasteiger partial charge in [-0.15, -0.1) is 0 Å². The molecular formula is C12H17NO3. The highest BCUT2D eigenvalue weighted by molar-refractivity contribution is 5.79. The standard InChI is InChI=1S/C12H17NO3/c1-2-3-4-11(12(13)15)16-10-7-5-9(14)6-8-10/h5-8,11,14H,2-4H2,1H3,(H2,13,15)/t11-/m1/s1. The number of rotatable bonds is 6. The smallest absolute Gasteiger partial charge is 0.258 e. The number of unbranched alkanes of at least 4 members (excludes halogenated alkanes) is 1. The van der Waals surface area contributed by atoms with Crippen molar-refractivity contribution >= 4 is 5.91 Å². The molecule has 3 N–H and O–H groups in total. The zero-order valence-electron chi connectivity index (χ0n) is 9.35. The molecule has 0 unspecified atom stereocenters. The second kappa shape index (κ2) is 6.00. The van der Waals surface area contributed by atoms with Gasteiger partial charge in [-0.1, -0.05) is 13.3 Å². The van der Waals surface area contributed by atoms with Gasteiger partial charge in [0.05, 0.1) is 0 Å². The molecule has 0 saturated carbocycles. The Morgan fingerprint density at radius 3 is 2.56 bits per heavy atom. The van der Waals surface area contributed by atoms with Crippen LogP contribution in [0.5, 0.6) is 11.5 Å². The van der Waals surface area contributed by atoms with Crippen molar-refractivity contribution in [2.45, 2.75) is 32.3 Å². The molecule has 88 valence electrons. The van der Waals surface area contributed by atoms with Crippen molar-refractivity contribution < 1.29 is 14.6 Å². The second-order valence-corrected chi connectivity index (χ2v) is 3.64. The lowest BCUT2D eigenvalue weighted by molar-refractivity contribution is -0.125. The van der Waals surface area contributed by atoms with Crippen LogP contribution in [-0.2, 0) is 4.79 Å². The number of phenols is 1. The van der Waals surface area contributed by atoms with Gasteiger partial charge < -0.3 is 15.6 Å². The summed E-state index contributed by atoms with van der Waals surface area (Å²) in [5, 5.41) is 9.09. The largest absolute Gasteiger partial charge is 0.508 e. The summed E-state index contributed by atoms with van der Waals surface area (Å²) >= 11 is 0. The predicted octanol–water partition coefficient (Wildman–Crippen LogP) is 1.82. The minimum atomic E-state index is -0.593. The number of carbonyl (C=O) groups is 1. The molecule has 1 aromatic carbocycles. The fourth-order valence-electron chi connectivity index (χ4n) is 1.34. The van der Waals surface area contributed by atoms with E-state index in [9.17, 15) is 4.79 Å². The zero-order chi connectivity index (χ0) is 12.0. The first-order valence-electron chi connectivity index (χ1n) is 5.38. The van der Waals surface area contributed by atoms with Crippen LogP contribution in [0.25, 0.3) is 0 Å². The Balaban J connectivity index is 2.60. The van der Waals surface area contributed by atoms with E-state index >= 15 is 0 Å². The molecule has 0 aliphatic heterocycles. The summed E-state index contributed by atoms with van der Waals surface area (Å²) in [4.78, 5) is 11.1. The van der Waals surface area contributed by atoms with E-state index < -0.39 is 12.0 Å². The normalized spacial score (nSPS) is 12.1. The maximum atomic E-state index is 11.1. The molecule has 1 atom stereocenters. The number of hydrogen-bond donors (Lipinski definition) is 2. The SMILES string of the molecule is CCCC[C@@H](Oc1ccc(O)cc1)C(N)=O. The van der Waals surface area contributed by atoms with Crippen molar-refractivity contribution in [2.75, 3.05) is 0 Å². The third kappa shape index (κ3) is 3.81. The van der Waals surface area contributed by atoms with E-state index in [1.54, 1.807) is 12.1 Å². The van der Waals surface area contributed by atoms with E-state index in [1.807, 2.05) is 6.92 Å². The quantitative estimate of drug-likeness (QED) is 0.772. The Labute approximate surface area is 95.0 Å². The van der Waals surface area contributed by atoms with Gasteiger partial charge in [0, 0.05) is 0 Å². The Hall–Kier alpha value is -1.71. The van der Waals surface area contributed by atoms with Crippen molar-refractivity contribution in [3.05, 3.63) is 24.3 Å². The molecule has 0 radical (unpaired) electrons. The third-order valence-corrected chi connectivity index (χ3v) is 2.25. The monoisotopic (exact) mass is 223 g/mol. The van der Waals surface area contributed by atoms with Gasteiger partial charge in [0.25, 0.3) is 5.91 Å². The highest BCUT2D eigenvalue weighted by atomic mass is 16.5. The minimum Gasteiger partial charge on any atom is -0.508 e. The number of nitrogens with two attached hydrogens (primary N) is 1. The summed E-state index contributed by atoms with van der Waals surface area (Å²) in [7, 11) is 0. The first-order valence-corrected chi connectivity index (χ1v) is 5.38. The molecule has 0 heterocycles. The molecular weight excluding hydrogens is 206 g/mol. The summed E-state index contributed by atoms with van der Waals surface area (Å²) in [6.07, 6.45) is 1.91. The lowest BCUT2D eigenvalue weighted by Crippen LogP contribution is -2.33. The summed E-state index contributed by atoms with van der Waals surface area (Å²) in [6, 6.07) is 6.23. The van der Waals surface area contributed by atoms with Crippen molar-refractivity contribution in [1.29, 1.82) is 0 Å². The summed E-state index contributed by atoms with van der Waals surface area (Å²) in [5.74, 6) is 0.246. The Morgan fingerprint density at radius 2 is 2.06 bits per heavy atom. The van der Waals surface area contributed by atoms with Gasteiger partial charge >= 0.3 is 0 Å². The number of carbonyl (C=O) groups excluding carboxylic acids is 1. The van der Waals surface area contributed by atoms with Gasteiger partial charge in [0.2, 0.25) is 0 Å². The lowest BCUT2D eigenvalue weighted by atomic mass is 10.1. The topological polar surface area (TPSA) is 72.6 Å². The van der Waals surface area contributed by atoms with Crippen LogP contribution in [0.3, 0.4) is 0 Å². The van der Waals surface area contributed by atoms with E-state index in [-0.39, 0.29) is 5.75 Å². The van der Waals surface area contributed by atoms with Gasteiger partial charge in [0.15, 0.2) is 6.10 Å². The fourth-order valence-corrected chi connectivity index (χ4v) is 1.34. The van der Waals surface area contributed by atoms with Gasteiger partial charge in [-0.05, 0) is 37.1 Å². The van der Waals surface area contributed by atoms with Crippen molar-refractivity contribution in [1.82, 2.24) is 0 Å². The molecule has 1 rings (SSSR count). The Bertz CT molecular complexity index is 335. The van der Waals surface area contributed by atoms with E-state index in [0.29, 0.717) is 12.2 Å². The highest BCUT2D eigenvalue weighted by Crippen LogP contribution is 2.18. The molecule has 1 amide bonds. The van der Waals surface area contributed by atoms with Gasteiger partial charge in [-0.25, -0.2) is 0 Å². The molecule has 4 heteroatoms. The zero-order valence-corrected chi connectivity index (χ0v) is 9.35. The molecule has 16 heavy (non-hydrogen) atoms. The van der Waals surface area contributed by atoms with Crippen LogP contribution in [0, 0.1) is 0 Å². The van der Waals surface area contributed by atoms with Crippen LogP contribution >= 0.6 is 0 Å². The highest BCUT2D eigenvalue weighted by Gasteiger charge is 2.16. The third-order valence-electron chi connectivity index (χ3n) is 2.25. The van der Waals surface area contributed by atoms with Crippen molar-refractivity contribution in [3.8, 4) is 11.5 Å². The molecule has 0 aromatic heterocycles. The molecule has 0 fully saturated rings. The van der Waals surface area contributed by atoms with Crippen LogP contribution in [0.4, 0.5) is 0 Å². The molecule has 1 aromatic rings. The second-order valence-electron chi connectivity index (χ2n) is 3.64. The molecule has 0 saturated heterocycles. The molecule has 0 spiro atoms. The summed E-state index contributed by atoms with van der Waals surface area (Å²) in [6.45, 7) is 2.04. The number of aromatic hydroxyl groups is 1. The summed E-state index contributed by atoms with van der Waals surface area (Å²) in [5.41, 5.74) is 5.24. The number of benzene rings is 1. The summed E-state index contributed by atoms with van der Waals surface area (Å²) < 4.78 is 5.45. The van der Waals surface area contributed by atoms with Crippen LogP contribution in [-0.4, -0.2) is 17.1 Å². The van der Waals surface area contributed by atoms with Gasteiger partial charge in [-0.2, -0.15) is 0 Å². The van der Waals surface area contributed by atoms with E-state index in [2.05, 4.69) is 0 Å². The Morgan fingerprint density at radius 1 is 1.44 bits per heavy atom. The number of amides is 1. The molecule has 0 aliphatic rings. The first kappa shape index (κ1) is 12.4. The van der Waals surface area contributed by atoms with Crippen molar-refractivity contribution in [3.63, 3.8) is 0 Å². The van der Waals surface area contributed by atoms with Gasteiger partial charge in [0.1, 0.15) is 11.5 Å². The molecule has 0 aliphatic carbocycles. The molecule has 0 bridgehead atoms. The van der Waals surface area contributed by atoms with Gasteiger partial charge in [-0.3, -0.25) is 4.79 Å². The van der Waals surface area contributed by atoms with Crippen LogP contribution in [0.2, 0.25) is 0 Å².